The quantitative estimate of drug-likeness (QED) is 0.695. The van der Waals surface area contributed by atoms with Crippen LogP contribution < -0.4 is 5.32 Å². The van der Waals surface area contributed by atoms with Crippen molar-refractivity contribution in [3.63, 3.8) is 0 Å². The molecule has 0 radical (unpaired) electrons. The van der Waals surface area contributed by atoms with Crippen molar-refractivity contribution in [2.45, 2.75) is 36.9 Å². The van der Waals surface area contributed by atoms with Gasteiger partial charge >= 0.3 is 6.09 Å². The molecule has 3 N–H and O–H groups in total. The summed E-state index contributed by atoms with van der Waals surface area (Å²) in [7, 11) is 0. The number of ether oxygens (including phenoxy) is 1. The Hall–Kier alpha value is -2.97. The maximum atomic E-state index is 13.5. The molecular formula is C23H25FN2O5. The maximum absolute atomic E-state index is 13.5. The van der Waals surface area contributed by atoms with Gasteiger partial charge in [-0.3, -0.25) is 4.79 Å². The lowest BCUT2D eigenvalue weighted by atomic mass is 9.86. The van der Waals surface area contributed by atoms with Gasteiger partial charge in [-0.15, -0.1) is 0 Å². The van der Waals surface area contributed by atoms with Crippen molar-refractivity contribution in [2.24, 2.45) is 0 Å². The minimum absolute atomic E-state index is 0.0855. The first kappa shape index (κ1) is 21.3. The summed E-state index contributed by atoms with van der Waals surface area (Å²) in [5.41, 5.74) is 1.86. The number of aliphatic hydroxyl groups is 1. The molecule has 0 spiro atoms. The van der Waals surface area contributed by atoms with E-state index in [0.29, 0.717) is 13.0 Å². The number of halogens is 1. The molecule has 2 aromatic carbocycles. The molecule has 8 heteroatoms. The van der Waals surface area contributed by atoms with Gasteiger partial charge in [-0.2, -0.15) is 0 Å². The van der Waals surface area contributed by atoms with Crippen LogP contribution in [0.3, 0.4) is 0 Å². The predicted octanol–water partition coefficient (Wildman–Crippen LogP) is 2.48. The van der Waals surface area contributed by atoms with Gasteiger partial charge < -0.3 is 25.2 Å². The summed E-state index contributed by atoms with van der Waals surface area (Å²) < 4.78 is 19.3. The lowest BCUT2D eigenvalue weighted by Crippen LogP contribution is -2.59. The van der Waals surface area contributed by atoms with Gasteiger partial charge in [-0.25, -0.2) is 9.18 Å². The van der Waals surface area contributed by atoms with E-state index in [1.54, 1.807) is 17.0 Å². The zero-order chi connectivity index (χ0) is 22.0. The van der Waals surface area contributed by atoms with Crippen LogP contribution >= 0.6 is 0 Å². The number of hydrogen-bond donors (Lipinski definition) is 3. The van der Waals surface area contributed by atoms with Crippen LogP contribution in [-0.2, 0) is 16.0 Å². The molecule has 0 saturated carbocycles. The smallest absolute Gasteiger partial charge is 0.405 e. The number of carbonyl (C=O) groups excluding carboxylic acids is 1. The fraction of sp³-hybridized carbons (Fsp3) is 0.391. The van der Waals surface area contributed by atoms with Gasteiger partial charge in [0.05, 0.1) is 24.8 Å². The summed E-state index contributed by atoms with van der Waals surface area (Å²) >= 11 is 0. The highest BCUT2D eigenvalue weighted by molar-refractivity contribution is 5.82. The highest BCUT2D eigenvalue weighted by Crippen LogP contribution is 2.37. The number of fused-ring (bicyclic) bond motifs is 1. The summed E-state index contributed by atoms with van der Waals surface area (Å²) in [6, 6.07) is 13.7. The summed E-state index contributed by atoms with van der Waals surface area (Å²) in [5.74, 6) is -0.529. The predicted molar refractivity (Wildman–Crippen MR) is 110 cm³/mol. The first-order valence-electron chi connectivity index (χ1n) is 10.3. The number of aliphatic hydroxyl groups excluding tert-OH is 1. The van der Waals surface area contributed by atoms with Crippen LogP contribution in [0.15, 0.2) is 48.5 Å². The summed E-state index contributed by atoms with van der Waals surface area (Å²) in [6.45, 7) is 0.00359. The summed E-state index contributed by atoms with van der Waals surface area (Å²) in [5, 5.41) is 21.0. The minimum Gasteiger partial charge on any atom is -0.465 e. The number of nitrogens with zero attached hydrogens (tertiary/aromatic N) is 1. The fourth-order valence-corrected chi connectivity index (χ4v) is 4.50. The zero-order valence-corrected chi connectivity index (χ0v) is 17.0. The molecule has 2 heterocycles. The van der Waals surface area contributed by atoms with Crippen molar-refractivity contribution in [1.29, 1.82) is 0 Å². The molecule has 0 bridgehead atoms. The van der Waals surface area contributed by atoms with E-state index in [1.165, 1.54) is 12.1 Å². The van der Waals surface area contributed by atoms with Gasteiger partial charge in [0.25, 0.3) is 5.91 Å². The third-order valence-electron chi connectivity index (χ3n) is 6.15. The molecule has 31 heavy (non-hydrogen) atoms. The standard InChI is InChI=1S/C23H25FN2O5/c24-17-7-5-16(6-8-17)20-18-4-2-1-3-15(18)10-12-26(20)21(28)19-9-11-23(13-27,14-31-19)25-22(29)30/h1-8,19-20,25,27H,9-14H2,(H,29,30)/t19-,20-,23+/m0/s1. The molecular weight excluding hydrogens is 403 g/mol. The highest BCUT2D eigenvalue weighted by atomic mass is 19.1. The molecule has 3 atom stereocenters. The monoisotopic (exact) mass is 428 g/mol. The number of nitrogens with one attached hydrogen (secondary N) is 1. The third-order valence-corrected chi connectivity index (χ3v) is 6.15. The highest BCUT2D eigenvalue weighted by Gasteiger charge is 2.42. The van der Waals surface area contributed by atoms with Gasteiger partial charge in [0.2, 0.25) is 0 Å². The van der Waals surface area contributed by atoms with Gasteiger partial charge in [-0.1, -0.05) is 36.4 Å². The first-order chi connectivity index (χ1) is 14.9. The SMILES string of the molecule is O=C(O)N[C@@]1(CO)CC[C@@H](C(=O)N2CCc3ccccc3[C@@H]2c2ccc(F)cc2)OC1. The first-order valence-corrected chi connectivity index (χ1v) is 10.3. The summed E-state index contributed by atoms with van der Waals surface area (Å²) in [6.07, 6.45) is -0.700. The molecule has 2 aliphatic rings. The second kappa shape index (κ2) is 8.64. The Bertz CT molecular complexity index is 957. The van der Waals surface area contributed by atoms with Crippen LogP contribution in [0.1, 0.15) is 35.6 Å². The molecule has 164 valence electrons. The second-order valence-electron chi connectivity index (χ2n) is 8.14. The number of carboxylic acid groups (broad SMARTS) is 1. The topological polar surface area (TPSA) is 99.1 Å². The average molecular weight is 428 g/mol. The molecule has 0 unspecified atom stereocenters. The average Bonchev–Trinajstić information content (AvgIpc) is 2.78. The molecule has 2 aromatic rings. The Morgan fingerprint density at radius 2 is 1.94 bits per heavy atom. The lowest BCUT2D eigenvalue weighted by Gasteiger charge is -2.42. The van der Waals surface area contributed by atoms with Crippen LogP contribution in [0.25, 0.3) is 0 Å². The number of amides is 2. The van der Waals surface area contributed by atoms with Crippen LogP contribution in [0.5, 0.6) is 0 Å². The molecule has 7 nitrogen and oxygen atoms in total. The van der Waals surface area contributed by atoms with Crippen molar-refractivity contribution in [2.75, 3.05) is 19.8 Å². The van der Waals surface area contributed by atoms with Crippen LogP contribution in [0.4, 0.5) is 9.18 Å². The van der Waals surface area contributed by atoms with Gasteiger partial charge in [0.1, 0.15) is 11.9 Å². The zero-order valence-electron chi connectivity index (χ0n) is 17.0. The third kappa shape index (κ3) is 4.26. The minimum atomic E-state index is -1.24. The van der Waals surface area contributed by atoms with Crippen molar-refractivity contribution in [3.05, 3.63) is 71.0 Å². The van der Waals surface area contributed by atoms with E-state index in [0.717, 1.165) is 16.7 Å². The van der Waals surface area contributed by atoms with Crippen LogP contribution in [0, 0.1) is 5.82 Å². The van der Waals surface area contributed by atoms with Gasteiger partial charge in [-0.05, 0) is 48.1 Å². The number of hydrogen-bond acceptors (Lipinski definition) is 4. The lowest BCUT2D eigenvalue weighted by molar-refractivity contribution is -0.153. The Morgan fingerprint density at radius 1 is 1.19 bits per heavy atom. The Kier molecular flexibility index (Phi) is 5.93. The number of benzene rings is 2. The molecule has 1 saturated heterocycles. The van der Waals surface area contributed by atoms with Gasteiger partial charge in [0, 0.05) is 6.54 Å². The molecule has 0 aliphatic carbocycles. The van der Waals surface area contributed by atoms with Crippen molar-refractivity contribution in [3.8, 4) is 0 Å². The van der Waals surface area contributed by atoms with E-state index in [4.69, 9.17) is 9.84 Å². The molecule has 0 aromatic heterocycles. The van der Waals surface area contributed by atoms with Crippen LogP contribution in [-0.4, -0.2) is 58.5 Å². The van der Waals surface area contributed by atoms with Crippen molar-refractivity contribution in [1.82, 2.24) is 10.2 Å². The van der Waals surface area contributed by atoms with E-state index in [1.807, 2.05) is 24.3 Å². The van der Waals surface area contributed by atoms with E-state index in [9.17, 15) is 19.1 Å². The van der Waals surface area contributed by atoms with E-state index in [2.05, 4.69) is 5.32 Å². The largest absolute Gasteiger partial charge is 0.465 e. The Balaban J connectivity index is 1.58. The van der Waals surface area contributed by atoms with E-state index in [-0.39, 0.29) is 37.2 Å². The fourth-order valence-electron chi connectivity index (χ4n) is 4.50. The van der Waals surface area contributed by atoms with Crippen LogP contribution in [0.2, 0.25) is 0 Å². The van der Waals surface area contributed by atoms with Crippen molar-refractivity contribution >= 4 is 12.0 Å². The molecule has 2 amide bonds. The second-order valence-corrected chi connectivity index (χ2v) is 8.14. The van der Waals surface area contributed by atoms with E-state index >= 15 is 0 Å². The Morgan fingerprint density at radius 3 is 2.58 bits per heavy atom. The normalized spacial score (nSPS) is 25.5. The molecule has 1 fully saturated rings. The van der Waals surface area contributed by atoms with Crippen molar-refractivity contribution < 1.29 is 28.9 Å². The molecule has 4 rings (SSSR count). The van der Waals surface area contributed by atoms with Gasteiger partial charge in [0.15, 0.2) is 0 Å². The number of carbonyl (C=O) groups is 2. The molecule has 2 aliphatic heterocycles. The Labute approximate surface area is 179 Å². The number of rotatable bonds is 4. The van der Waals surface area contributed by atoms with E-state index < -0.39 is 24.3 Å². The summed E-state index contributed by atoms with van der Waals surface area (Å²) in [4.78, 5) is 26.3. The maximum Gasteiger partial charge on any atom is 0.405 e.